The summed E-state index contributed by atoms with van der Waals surface area (Å²) in [6.45, 7) is 4.28. The van der Waals surface area contributed by atoms with Crippen LogP contribution in [0.1, 0.15) is 25.1 Å². The molecule has 2 rings (SSSR count). The molecule has 0 atom stereocenters. The average Bonchev–Trinajstić information content (AvgIpc) is 2.46. The minimum absolute atomic E-state index is 0.438. The van der Waals surface area contributed by atoms with E-state index in [1.54, 1.807) is 6.20 Å². The Bertz CT molecular complexity index is 532. The maximum atomic E-state index is 4.45. The lowest BCUT2D eigenvalue weighted by molar-refractivity contribution is 0.743. The van der Waals surface area contributed by atoms with Crippen molar-refractivity contribution >= 4 is 18.0 Å². The largest absolute Gasteiger partial charge is 0.357 e. The second-order valence-corrected chi connectivity index (χ2v) is 4.64. The van der Waals surface area contributed by atoms with E-state index in [4.69, 9.17) is 0 Å². The Hall–Kier alpha value is -2.23. The minimum Gasteiger partial charge on any atom is -0.357 e. The van der Waals surface area contributed by atoms with Crippen LogP contribution < -0.4 is 4.90 Å². The topological polar surface area (TPSA) is 41.9 Å². The van der Waals surface area contributed by atoms with E-state index >= 15 is 0 Å². The predicted octanol–water partition coefficient (Wildman–Crippen LogP) is 2.89. The van der Waals surface area contributed by atoms with Crippen LogP contribution in [-0.2, 0) is 0 Å². The van der Waals surface area contributed by atoms with Crippen LogP contribution in [-0.4, -0.2) is 28.3 Å². The van der Waals surface area contributed by atoms with Crippen LogP contribution in [0.15, 0.2) is 36.7 Å². The molecule has 0 aliphatic heterocycles. The summed E-state index contributed by atoms with van der Waals surface area (Å²) >= 11 is 0. The fourth-order valence-corrected chi connectivity index (χ4v) is 1.55. The van der Waals surface area contributed by atoms with Gasteiger partial charge >= 0.3 is 0 Å². The molecule has 2 heterocycles. The van der Waals surface area contributed by atoms with Crippen molar-refractivity contribution in [2.24, 2.45) is 0 Å². The maximum absolute atomic E-state index is 4.45. The fourth-order valence-electron chi connectivity index (χ4n) is 1.55. The van der Waals surface area contributed by atoms with Gasteiger partial charge in [-0.1, -0.05) is 6.08 Å². The third kappa shape index (κ3) is 3.61. The predicted molar refractivity (Wildman–Crippen MR) is 78.7 cm³/mol. The summed E-state index contributed by atoms with van der Waals surface area (Å²) < 4.78 is 0. The molecule has 0 N–H and O–H groups in total. The van der Waals surface area contributed by atoms with Crippen LogP contribution >= 0.6 is 0 Å². The third-order valence-corrected chi connectivity index (χ3v) is 2.95. The van der Waals surface area contributed by atoms with E-state index in [0.29, 0.717) is 6.04 Å². The van der Waals surface area contributed by atoms with Crippen molar-refractivity contribution in [1.29, 1.82) is 0 Å². The fraction of sp³-hybridized carbons (Fsp3) is 0.267. The molecular formula is C15H18N4. The van der Waals surface area contributed by atoms with Crippen molar-refractivity contribution in [3.05, 3.63) is 47.9 Å². The summed E-state index contributed by atoms with van der Waals surface area (Å²) in [6.07, 6.45) is 7.43. The van der Waals surface area contributed by atoms with E-state index < -0.39 is 0 Å². The van der Waals surface area contributed by atoms with Crippen molar-refractivity contribution in [2.45, 2.75) is 19.9 Å². The van der Waals surface area contributed by atoms with Crippen LogP contribution in [0.25, 0.3) is 12.2 Å². The molecule has 0 saturated carbocycles. The molecule has 0 amide bonds. The Morgan fingerprint density at radius 2 is 2.00 bits per heavy atom. The number of rotatable bonds is 4. The second kappa shape index (κ2) is 6.09. The highest BCUT2D eigenvalue weighted by atomic mass is 15.2. The first kappa shape index (κ1) is 13.2. The van der Waals surface area contributed by atoms with E-state index in [1.807, 2.05) is 49.7 Å². The lowest BCUT2D eigenvalue weighted by Crippen LogP contribution is -2.26. The SMILES string of the molecule is CC(C)N(C)c1ccc(/C=C/c2cccnn2)cn1. The second-order valence-electron chi connectivity index (χ2n) is 4.64. The number of aromatic nitrogens is 3. The summed E-state index contributed by atoms with van der Waals surface area (Å²) in [5, 5.41) is 7.83. The normalized spacial score (nSPS) is 11.2. The lowest BCUT2D eigenvalue weighted by atomic mass is 10.2. The van der Waals surface area contributed by atoms with Crippen LogP contribution in [0.3, 0.4) is 0 Å². The van der Waals surface area contributed by atoms with E-state index in [0.717, 1.165) is 17.1 Å². The first-order valence-electron chi connectivity index (χ1n) is 6.31. The van der Waals surface area contributed by atoms with Crippen LogP contribution in [0.5, 0.6) is 0 Å². The molecule has 0 fully saturated rings. The standard InChI is InChI=1S/C15H18N4/c1-12(2)19(3)15-9-7-13(11-16-15)6-8-14-5-4-10-17-18-14/h4-12H,1-3H3/b8-6+. The summed E-state index contributed by atoms with van der Waals surface area (Å²) in [6, 6.07) is 8.29. The first-order chi connectivity index (χ1) is 9.16. The van der Waals surface area contributed by atoms with Gasteiger partial charge in [-0.3, -0.25) is 0 Å². The summed E-state index contributed by atoms with van der Waals surface area (Å²) in [4.78, 5) is 6.59. The zero-order valence-corrected chi connectivity index (χ0v) is 11.5. The van der Waals surface area contributed by atoms with Gasteiger partial charge < -0.3 is 4.90 Å². The first-order valence-corrected chi connectivity index (χ1v) is 6.31. The molecule has 0 aliphatic carbocycles. The molecule has 2 aromatic rings. The van der Waals surface area contributed by atoms with E-state index in [9.17, 15) is 0 Å². The zero-order chi connectivity index (χ0) is 13.7. The third-order valence-electron chi connectivity index (χ3n) is 2.95. The minimum atomic E-state index is 0.438. The Morgan fingerprint density at radius 1 is 1.16 bits per heavy atom. The Morgan fingerprint density at radius 3 is 2.58 bits per heavy atom. The van der Waals surface area contributed by atoms with Crippen molar-refractivity contribution in [3.63, 3.8) is 0 Å². The van der Waals surface area contributed by atoms with Gasteiger partial charge in [-0.2, -0.15) is 10.2 Å². The highest BCUT2D eigenvalue weighted by molar-refractivity contribution is 5.67. The molecule has 0 radical (unpaired) electrons. The van der Waals surface area contributed by atoms with Gasteiger partial charge in [0, 0.05) is 25.5 Å². The molecule has 2 aromatic heterocycles. The van der Waals surface area contributed by atoms with Gasteiger partial charge in [-0.25, -0.2) is 4.98 Å². The average molecular weight is 254 g/mol. The highest BCUT2D eigenvalue weighted by Crippen LogP contribution is 2.13. The molecule has 0 aliphatic rings. The smallest absolute Gasteiger partial charge is 0.128 e. The number of hydrogen-bond acceptors (Lipinski definition) is 4. The molecule has 0 bridgehead atoms. The monoisotopic (exact) mass is 254 g/mol. The number of anilines is 1. The molecule has 4 nitrogen and oxygen atoms in total. The molecule has 19 heavy (non-hydrogen) atoms. The van der Waals surface area contributed by atoms with E-state index in [-0.39, 0.29) is 0 Å². The van der Waals surface area contributed by atoms with Gasteiger partial charge in [0.1, 0.15) is 5.82 Å². The summed E-state index contributed by atoms with van der Waals surface area (Å²) in [5.74, 6) is 0.978. The molecule has 0 spiro atoms. The maximum Gasteiger partial charge on any atom is 0.128 e. The number of hydrogen-bond donors (Lipinski definition) is 0. The van der Waals surface area contributed by atoms with Gasteiger partial charge in [0.2, 0.25) is 0 Å². The molecule has 98 valence electrons. The molecule has 4 heteroatoms. The lowest BCUT2D eigenvalue weighted by Gasteiger charge is -2.22. The summed E-state index contributed by atoms with van der Waals surface area (Å²) in [7, 11) is 2.04. The molecule has 0 saturated heterocycles. The van der Waals surface area contributed by atoms with Crippen molar-refractivity contribution in [1.82, 2.24) is 15.2 Å². The van der Waals surface area contributed by atoms with Crippen molar-refractivity contribution in [3.8, 4) is 0 Å². The van der Waals surface area contributed by atoms with Gasteiger partial charge in [-0.15, -0.1) is 0 Å². The van der Waals surface area contributed by atoms with Gasteiger partial charge in [-0.05, 0) is 49.8 Å². The molecule has 0 unspecified atom stereocenters. The Balaban J connectivity index is 2.09. The zero-order valence-electron chi connectivity index (χ0n) is 11.5. The van der Waals surface area contributed by atoms with Gasteiger partial charge in [0.05, 0.1) is 5.69 Å². The quantitative estimate of drug-likeness (QED) is 0.841. The number of nitrogens with zero attached hydrogens (tertiary/aromatic N) is 4. The molecule has 0 aromatic carbocycles. The number of pyridine rings is 1. The van der Waals surface area contributed by atoms with E-state index in [1.165, 1.54) is 0 Å². The van der Waals surface area contributed by atoms with Crippen LogP contribution in [0.2, 0.25) is 0 Å². The Kier molecular flexibility index (Phi) is 4.23. The highest BCUT2D eigenvalue weighted by Gasteiger charge is 2.04. The van der Waals surface area contributed by atoms with E-state index in [2.05, 4.69) is 33.9 Å². The van der Waals surface area contributed by atoms with Crippen LogP contribution in [0, 0.1) is 0 Å². The van der Waals surface area contributed by atoms with Crippen molar-refractivity contribution in [2.75, 3.05) is 11.9 Å². The Labute approximate surface area is 113 Å². The molecular weight excluding hydrogens is 236 g/mol. The van der Waals surface area contributed by atoms with Gasteiger partial charge in [0.15, 0.2) is 0 Å². The van der Waals surface area contributed by atoms with Crippen LogP contribution in [0.4, 0.5) is 5.82 Å². The van der Waals surface area contributed by atoms with Crippen molar-refractivity contribution < 1.29 is 0 Å². The summed E-state index contributed by atoms with van der Waals surface area (Å²) in [5.41, 5.74) is 1.89. The van der Waals surface area contributed by atoms with Gasteiger partial charge in [0.25, 0.3) is 0 Å².